The normalized spacial score (nSPS) is 11.3. The summed E-state index contributed by atoms with van der Waals surface area (Å²) < 4.78 is 5.82. The Morgan fingerprint density at radius 3 is 2.63 bits per heavy atom. The van der Waals surface area contributed by atoms with Gasteiger partial charge in [0.2, 0.25) is 5.16 Å². The summed E-state index contributed by atoms with van der Waals surface area (Å²) in [6.45, 7) is 2.10. The lowest BCUT2D eigenvalue weighted by Gasteiger charge is -2.10. The number of nitrogens with zero attached hydrogens (tertiary/aromatic N) is 3. The number of aromatic nitrogens is 3. The van der Waals surface area contributed by atoms with Crippen LogP contribution in [0.5, 0.6) is 5.75 Å². The molecule has 1 heterocycles. The number of nitrogens with one attached hydrogen (secondary N) is 1. The predicted octanol–water partition coefficient (Wildman–Crippen LogP) is 4.07. The van der Waals surface area contributed by atoms with Crippen LogP contribution in [-0.4, -0.2) is 31.2 Å². The first-order valence-corrected chi connectivity index (χ1v) is 9.77. The molecule has 0 saturated carbocycles. The number of carboxylic acids is 1. The molecule has 0 aliphatic heterocycles. The monoisotopic (exact) mass is 426 g/mol. The van der Waals surface area contributed by atoms with Gasteiger partial charge >= 0.3 is 5.97 Å². The number of hydrogen-bond acceptors (Lipinski definition) is 7. The molecule has 9 nitrogen and oxygen atoms in total. The molecule has 0 fully saturated rings. The van der Waals surface area contributed by atoms with Crippen molar-refractivity contribution >= 4 is 29.5 Å². The van der Waals surface area contributed by atoms with Crippen molar-refractivity contribution in [2.45, 2.75) is 25.1 Å². The zero-order valence-corrected chi connectivity index (χ0v) is 16.8. The van der Waals surface area contributed by atoms with E-state index in [4.69, 9.17) is 4.74 Å². The van der Waals surface area contributed by atoms with Crippen LogP contribution in [0.3, 0.4) is 0 Å². The van der Waals surface area contributed by atoms with Gasteiger partial charge in [-0.15, -0.1) is 5.10 Å². The van der Waals surface area contributed by atoms with Gasteiger partial charge in [0.1, 0.15) is 23.1 Å². The highest BCUT2D eigenvalue weighted by molar-refractivity contribution is 8.04. The third-order valence-electron chi connectivity index (χ3n) is 4.01. The number of aryl methyl sites for hydroxylation is 1. The minimum Gasteiger partial charge on any atom is -0.488 e. The molecule has 0 radical (unpaired) electrons. The summed E-state index contributed by atoms with van der Waals surface area (Å²) in [5.41, 5.74) is 1.33. The van der Waals surface area contributed by atoms with E-state index in [2.05, 4.69) is 15.2 Å². The van der Waals surface area contributed by atoms with Gasteiger partial charge in [0.15, 0.2) is 0 Å². The van der Waals surface area contributed by atoms with Crippen molar-refractivity contribution in [2.75, 3.05) is 0 Å². The number of nitro groups is 1. The van der Waals surface area contributed by atoms with E-state index in [1.54, 1.807) is 36.4 Å². The average Bonchev–Trinajstić information content (AvgIpc) is 3.20. The van der Waals surface area contributed by atoms with E-state index in [9.17, 15) is 20.0 Å². The first kappa shape index (κ1) is 21.1. The lowest BCUT2D eigenvalue weighted by molar-refractivity contribution is -0.384. The molecule has 0 saturated heterocycles. The molecule has 3 aromatic rings. The minimum atomic E-state index is -1.10. The van der Waals surface area contributed by atoms with Gasteiger partial charge in [-0.25, -0.2) is 9.78 Å². The Balaban J connectivity index is 1.78. The zero-order chi connectivity index (χ0) is 21.5. The van der Waals surface area contributed by atoms with Crippen LogP contribution in [0.4, 0.5) is 5.69 Å². The van der Waals surface area contributed by atoms with Gasteiger partial charge in [-0.1, -0.05) is 25.1 Å². The number of non-ortho nitro benzene ring substituents is 1. The van der Waals surface area contributed by atoms with Crippen molar-refractivity contribution in [3.05, 3.63) is 80.5 Å². The van der Waals surface area contributed by atoms with E-state index < -0.39 is 10.9 Å². The van der Waals surface area contributed by atoms with Gasteiger partial charge in [0.05, 0.1) is 4.92 Å². The number of ether oxygens (including phenoxy) is 1. The fourth-order valence-electron chi connectivity index (χ4n) is 2.46. The molecule has 0 atom stereocenters. The van der Waals surface area contributed by atoms with E-state index in [1.807, 2.05) is 6.92 Å². The van der Waals surface area contributed by atoms with Crippen LogP contribution in [0, 0.1) is 10.1 Å². The maximum Gasteiger partial charge on any atom is 0.342 e. The predicted molar refractivity (Wildman–Crippen MR) is 111 cm³/mol. The number of nitro benzene ring substituents is 1. The SMILES string of the molecule is CCc1nc(S/C(=C\c2ccccc2OCc2ccc([N+](=O)[O-])cc2)C(=O)O)n[nH]1. The maximum atomic E-state index is 11.7. The Morgan fingerprint density at radius 1 is 1.27 bits per heavy atom. The lowest BCUT2D eigenvalue weighted by Crippen LogP contribution is -2.00. The standard InChI is InChI=1S/C20H18N4O5S/c1-2-18-21-20(23-22-18)30-17(19(25)26)11-14-5-3-4-6-16(14)29-12-13-7-9-15(10-8-13)24(27)28/h3-11H,2,12H2,1H3,(H,25,26)(H,21,22,23)/b17-11-. The van der Waals surface area contributed by atoms with Crippen LogP contribution in [0.2, 0.25) is 0 Å². The van der Waals surface area contributed by atoms with Crippen LogP contribution >= 0.6 is 11.8 Å². The number of hydrogen-bond donors (Lipinski definition) is 2. The lowest BCUT2D eigenvalue weighted by atomic mass is 10.2. The number of aliphatic carboxylic acids is 1. The summed E-state index contributed by atoms with van der Waals surface area (Å²) in [5, 5.41) is 27.4. The van der Waals surface area contributed by atoms with Gasteiger partial charge in [0.25, 0.3) is 5.69 Å². The molecule has 1 aromatic heterocycles. The summed E-state index contributed by atoms with van der Waals surface area (Å²) in [7, 11) is 0. The molecule has 0 aliphatic carbocycles. The molecular weight excluding hydrogens is 408 g/mol. The fourth-order valence-corrected chi connectivity index (χ4v) is 3.18. The highest BCUT2D eigenvalue weighted by Gasteiger charge is 2.15. The quantitative estimate of drug-likeness (QED) is 0.226. The second-order valence-corrected chi connectivity index (χ2v) is 7.09. The molecule has 0 amide bonds. The highest BCUT2D eigenvalue weighted by atomic mass is 32.2. The van der Waals surface area contributed by atoms with Gasteiger partial charge in [0, 0.05) is 24.1 Å². The number of H-pyrrole nitrogens is 1. The van der Waals surface area contributed by atoms with E-state index in [-0.39, 0.29) is 17.2 Å². The number of carbonyl (C=O) groups is 1. The molecule has 154 valence electrons. The van der Waals surface area contributed by atoms with Crippen molar-refractivity contribution < 1.29 is 19.6 Å². The van der Waals surface area contributed by atoms with Crippen LogP contribution in [-0.2, 0) is 17.8 Å². The molecule has 30 heavy (non-hydrogen) atoms. The molecule has 3 rings (SSSR count). The van der Waals surface area contributed by atoms with E-state index in [0.29, 0.717) is 28.7 Å². The highest BCUT2D eigenvalue weighted by Crippen LogP contribution is 2.29. The third kappa shape index (κ3) is 5.45. The van der Waals surface area contributed by atoms with Crippen LogP contribution in [0.25, 0.3) is 6.08 Å². The zero-order valence-electron chi connectivity index (χ0n) is 15.9. The Hall–Kier alpha value is -3.66. The second-order valence-electron chi connectivity index (χ2n) is 6.08. The Kier molecular flexibility index (Phi) is 6.81. The van der Waals surface area contributed by atoms with Crippen molar-refractivity contribution in [2.24, 2.45) is 0 Å². The largest absolute Gasteiger partial charge is 0.488 e. The number of para-hydroxylation sites is 1. The summed E-state index contributed by atoms with van der Waals surface area (Å²) in [4.78, 5) is 26.3. The summed E-state index contributed by atoms with van der Waals surface area (Å²) >= 11 is 0.944. The van der Waals surface area contributed by atoms with Crippen LogP contribution in [0.1, 0.15) is 23.9 Å². The van der Waals surface area contributed by atoms with E-state index in [1.165, 1.54) is 18.2 Å². The Bertz CT molecular complexity index is 1080. The maximum absolute atomic E-state index is 11.7. The summed E-state index contributed by atoms with van der Waals surface area (Å²) in [5.74, 6) is 0.0570. The smallest absolute Gasteiger partial charge is 0.342 e. The third-order valence-corrected chi connectivity index (χ3v) is 4.88. The molecule has 0 aliphatic rings. The number of aromatic amines is 1. The Morgan fingerprint density at radius 2 is 2.00 bits per heavy atom. The molecule has 0 unspecified atom stereocenters. The topological polar surface area (TPSA) is 131 Å². The van der Waals surface area contributed by atoms with Gasteiger partial charge < -0.3 is 9.84 Å². The first-order valence-electron chi connectivity index (χ1n) is 8.95. The van der Waals surface area contributed by atoms with Crippen LogP contribution < -0.4 is 4.74 Å². The molecule has 0 spiro atoms. The van der Waals surface area contributed by atoms with Gasteiger partial charge in [-0.3, -0.25) is 15.2 Å². The molecule has 2 aromatic carbocycles. The second kappa shape index (κ2) is 9.70. The van der Waals surface area contributed by atoms with Gasteiger partial charge in [-0.2, -0.15) is 0 Å². The van der Waals surface area contributed by atoms with Crippen molar-refractivity contribution in [1.82, 2.24) is 15.2 Å². The molecule has 0 bridgehead atoms. The van der Waals surface area contributed by atoms with Crippen molar-refractivity contribution in [3.8, 4) is 5.75 Å². The van der Waals surface area contributed by atoms with E-state index in [0.717, 1.165) is 17.3 Å². The number of rotatable bonds is 9. The molecular formula is C20H18N4O5S. The number of carboxylic acid groups (broad SMARTS) is 1. The van der Waals surface area contributed by atoms with Crippen molar-refractivity contribution in [3.63, 3.8) is 0 Å². The minimum absolute atomic E-state index is 0.00316. The van der Waals surface area contributed by atoms with Gasteiger partial charge in [-0.05, 0) is 41.6 Å². The van der Waals surface area contributed by atoms with Crippen molar-refractivity contribution in [1.29, 1.82) is 0 Å². The summed E-state index contributed by atoms with van der Waals surface area (Å²) in [6.07, 6.45) is 2.17. The molecule has 10 heteroatoms. The fraction of sp³-hybridized carbons (Fsp3) is 0.150. The van der Waals surface area contributed by atoms with E-state index >= 15 is 0 Å². The number of thioether (sulfide) groups is 1. The first-order chi connectivity index (χ1) is 14.5. The van der Waals surface area contributed by atoms with Crippen LogP contribution in [0.15, 0.2) is 58.6 Å². The number of benzene rings is 2. The Labute approximate surface area is 176 Å². The summed E-state index contributed by atoms with van der Waals surface area (Å²) in [6, 6.07) is 13.1. The molecule has 2 N–H and O–H groups in total. The average molecular weight is 426 g/mol.